The summed E-state index contributed by atoms with van der Waals surface area (Å²) in [5.41, 5.74) is 0.744. The maximum absolute atomic E-state index is 16.1. The number of phenols is 1. The maximum atomic E-state index is 16.1. The molecule has 4 rings (SSSR count). The summed E-state index contributed by atoms with van der Waals surface area (Å²) in [6.07, 6.45) is 0.713. The number of phenolic OH excluding ortho intramolecular Hbond substituents is 1. The third kappa shape index (κ3) is 8.07. The highest BCUT2D eigenvalue weighted by Crippen LogP contribution is 2.66. The van der Waals surface area contributed by atoms with Crippen LogP contribution in [0.3, 0.4) is 0 Å². The number of aliphatic hydroxyl groups is 1. The fourth-order valence-electron chi connectivity index (χ4n) is 9.16. The molecule has 2 saturated carbocycles. The number of fused-ring (bicyclic) bond motifs is 5. The van der Waals surface area contributed by atoms with Crippen LogP contribution in [-0.4, -0.2) is 65.0 Å². The van der Waals surface area contributed by atoms with Crippen LogP contribution in [0.15, 0.2) is 18.2 Å². The van der Waals surface area contributed by atoms with Gasteiger partial charge in [0, 0.05) is 17.8 Å². The van der Waals surface area contributed by atoms with E-state index in [9.17, 15) is 40.9 Å². The molecule has 3 aliphatic rings. The Morgan fingerprint density at radius 1 is 0.872 bits per heavy atom. The monoisotopic (exact) mass is 683 g/mol. The van der Waals surface area contributed by atoms with E-state index >= 15 is 4.39 Å². The summed E-state index contributed by atoms with van der Waals surface area (Å²) in [4.78, 5) is 2.23. The van der Waals surface area contributed by atoms with Gasteiger partial charge in [-0.25, -0.2) is 4.39 Å². The molecule has 7 atom stereocenters. The highest BCUT2D eigenvalue weighted by atomic mass is 19.4. The minimum atomic E-state index is -6.27. The Kier molecular flexibility index (Phi) is 11.9. The van der Waals surface area contributed by atoms with E-state index in [-0.39, 0.29) is 42.3 Å². The topological polar surface area (TPSA) is 43.7 Å². The number of nitrogens with zero attached hydrogens (tertiary/aromatic N) is 1. The van der Waals surface area contributed by atoms with E-state index in [0.717, 1.165) is 75.6 Å². The third-order valence-corrected chi connectivity index (χ3v) is 12.1. The van der Waals surface area contributed by atoms with Gasteiger partial charge >= 0.3 is 18.0 Å². The molecule has 0 unspecified atom stereocenters. The number of benzene rings is 1. The Bertz CT molecular complexity index is 1170. The number of hydrogen-bond donors (Lipinski definition) is 2. The van der Waals surface area contributed by atoms with Crippen molar-refractivity contribution in [2.45, 2.75) is 146 Å². The summed E-state index contributed by atoms with van der Waals surface area (Å²) < 4.78 is 106. The van der Waals surface area contributed by atoms with Crippen molar-refractivity contribution in [1.29, 1.82) is 0 Å². The lowest BCUT2D eigenvalue weighted by molar-refractivity contribution is -0.355. The van der Waals surface area contributed by atoms with Gasteiger partial charge in [0.25, 0.3) is 0 Å². The van der Waals surface area contributed by atoms with Gasteiger partial charge in [-0.1, -0.05) is 51.5 Å². The van der Waals surface area contributed by atoms with Crippen LogP contribution in [0.1, 0.15) is 121 Å². The number of alkyl halides is 8. The quantitative estimate of drug-likeness (QED) is 0.135. The van der Waals surface area contributed by atoms with E-state index in [0.29, 0.717) is 25.7 Å². The van der Waals surface area contributed by atoms with Gasteiger partial charge in [0.1, 0.15) is 11.9 Å². The summed E-state index contributed by atoms with van der Waals surface area (Å²) >= 11 is 0. The lowest BCUT2D eigenvalue weighted by Gasteiger charge is -2.56. The van der Waals surface area contributed by atoms with Crippen LogP contribution in [0.25, 0.3) is 0 Å². The minimum absolute atomic E-state index is 0.162. The second kappa shape index (κ2) is 14.7. The molecule has 1 aromatic rings. The molecule has 0 bridgehead atoms. The maximum Gasteiger partial charge on any atom is 0.459 e. The zero-order valence-electron chi connectivity index (χ0n) is 28.0. The molecule has 3 nitrogen and oxygen atoms in total. The van der Waals surface area contributed by atoms with Gasteiger partial charge in [-0.15, -0.1) is 0 Å². The Hall–Kier alpha value is -1.62. The van der Waals surface area contributed by atoms with Crippen LogP contribution in [0.5, 0.6) is 5.75 Å². The smallest absolute Gasteiger partial charge is 0.459 e. The SMILES string of the molecule is CN(CCCCCCCCC(F)(F)C(F)(F)C(F)(F)F)CCCCC[C@@H]1Cc2cc(O)ccc2[C@@H]2[C@@H]1[C@@H]1CC[C@](C)(O)[C@@]1(C)C[C@@H]2F. The van der Waals surface area contributed by atoms with Crippen molar-refractivity contribution in [2.24, 2.45) is 23.2 Å². The largest absolute Gasteiger partial charge is 0.508 e. The van der Waals surface area contributed by atoms with E-state index < -0.39 is 41.6 Å². The third-order valence-electron chi connectivity index (χ3n) is 12.1. The van der Waals surface area contributed by atoms with Crippen LogP contribution in [0, 0.1) is 23.2 Å². The van der Waals surface area contributed by atoms with Crippen molar-refractivity contribution < 1.29 is 45.3 Å². The van der Waals surface area contributed by atoms with Crippen molar-refractivity contribution in [2.75, 3.05) is 20.1 Å². The minimum Gasteiger partial charge on any atom is -0.508 e. The molecule has 0 saturated heterocycles. The lowest BCUT2D eigenvalue weighted by atomic mass is 9.50. The fraction of sp³-hybridized carbons (Fsp3) is 0.833. The van der Waals surface area contributed by atoms with Gasteiger partial charge in [-0.2, -0.15) is 30.7 Å². The van der Waals surface area contributed by atoms with Crippen LogP contribution in [0.2, 0.25) is 0 Å². The molecule has 0 heterocycles. The van der Waals surface area contributed by atoms with Gasteiger partial charge in [0.15, 0.2) is 0 Å². The van der Waals surface area contributed by atoms with E-state index in [4.69, 9.17) is 0 Å². The second-order valence-electron chi connectivity index (χ2n) is 15.3. The Balaban J connectivity index is 1.16. The van der Waals surface area contributed by atoms with Crippen molar-refractivity contribution >= 4 is 0 Å². The molecule has 0 aromatic heterocycles. The summed E-state index contributed by atoms with van der Waals surface area (Å²) in [6, 6.07) is 5.38. The van der Waals surface area contributed by atoms with Crippen LogP contribution < -0.4 is 0 Å². The summed E-state index contributed by atoms with van der Waals surface area (Å²) in [6.45, 7) is 5.72. The first-order valence-electron chi connectivity index (χ1n) is 17.5. The zero-order chi connectivity index (χ0) is 34.8. The summed E-state index contributed by atoms with van der Waals surface area (Å²) in [7, 11) is 2.04. The molecule has 1 aromatic carbocycles. The number of unbranched alkanes of at least 4 members (excludes halogenated alkanes) is 7. The van der Waals surface area contributed by atoms with Crippen molar-refractivity contribution in [3.63, 3.8) is 0 Å². The van der Waals surface area contributed by atoms with Gasteiger partial charge in [0.05, 0.1) is 5.60 Å². The lowest BCUT2D eigenvalue weighted by Crippen LogP contribution is -2.54. The number of hydrogen-bond acceptors (Lipinski definition) is 3. The normalized spacial score (nSPS) is 31.1. The first-order valence-corrected chi connectivity index (χ1v) is 17.5. The molecule has 0 amide bonds. The van der Waals surface area contributed by atoms with Gasteiger partial charge in [0.2, 0.25) is 0 Å². The second-order valence-corrected chi connectivity index (χ2v) is 15.3. The molecule has 2 fully saturated rings. The summed E-state index contributed by atoms with van der Waals surface area (Å²) in [5.74, 6) is -10.4. The van der Waals surface area contributed by atoms with Crippen molar-refractivity contribution in [3.05, 3.63) is 29.3 Å². The van der Waals surface area contributed by atoms with E-state index in [2.05, 4.69) is 11.8 Å². The highest BCUT2D eigenvalue weighted by Gasteiger charge is 2.72. The van der Waals surface area contributed by atoms with Crippen LogP contribution >= 0.6 is 0 Å². The molecular formula is C36H53F8NO2. The molecule has 11 heteroatoms. The summed E-state index contributed by atoms with van der Waals surface area (Å²) in [5, 5.41) is 21.5. The fourth-order valence-corrected chi connectivity index (χ4v) is 9.16. The molecule has 0 spiro atoms. The average molecular weight is 684 g/mol. The molecule has 0 radical (unpaired) electrons. The highest BCUT2D eigenvalue weighted by molar-refractivity contribution is 5.41. The Morgan fingerprint density at radius 3 is 2.11 bits per heavy atom. The Labute approximate surface area is 274 Å². The first kappa shape index (κ1) is 38.2. The predicted octanol–water partition coefficient (Wildman–Crippen LogP) is 10.2. The van der Waals surface area contributed by atoms with Gasteiger partial charge in [-0.05, 0) is 119 Å². The number of aromatic hydroxyl groups is 1. The zero-order valence-corrected chi connectivity index (χ0v) is 28.0. The van der Waals surface area contributed by atoms with E-state index in [1.165, 1.54) is 0 Å². The molecule has 270 valence electrons. The average Bonchev–Trinajstić information content (AvgIpc) is 3.20. The number of rotatable bonds is 16. The molecule has 47 heavy (non-hydrogen) atoms. The van der Waals surface area contributed by atoms with Gasteiger partial charge < -0.3 is 15.1 Å². The van der Waals surface area contributed by atoms with Crippen LogP contribution in [-0.2, 0) is 6.42 Å². The molecule has 0 aliphatic heterocycles. The van der Waals surface area contributed by atoms with Crippen LogP contribution in [0.4, 0.5) is 35.1 Å². The number of halogens is 8. The van der Waals surface area contributed by atoms with Crippen molar-refractivity contribution in [1.82, 2.24) is 4.90 Å². The van der Waals surface area contributed by atoms with Crippen molar-refractivity contribution in [3.8, 4) is 5.75 Å². The standard InChI is InChI=1S/C36H53F8NO2/c1-32-23-29(37)31-27-15-14-26(46)22-25(27)21-24(30(31)28(32)16-18-33(32,2)47)13-9-8-12-20-45(3)19-11-7-5-4-6-10-17-34(38,39)35(40,41)36(42,43)44/h14-15,22,24,28-31,46-47H,4-13,16-21,23H2,1-3H3/t24-,28+,29+,30+,31+,32+,33+/m1/s1. The van der Waals surface area contributed by atoms with E-state index in [1.54, 1.807) is 12.1 Å². The first-order chi connectivity index (χ1) is 21.8. The van der Waals surface area contributed by atoms with E-state index in [1.807, 2.05) is 20.0 Å². The molecule has 3 aliphatic carbocycles. The molecular weight excluding hydrogens is 630 g/mol. The molecule has 2 N–H and O–H groups in total. The Morgan fingerprint density at radius 2 is 1.47 bits per heavy atom. The predicted molar refractivity (Wildman–Crippen MR) is 167 cm³/mol. The van der Waals surface area contributed by atoms with Gasteiger partial charge in [-0.3, -0.25) is 0 Å².